The van der Waals surface area contributed by atoms with Crippen molar-refractivity contribution in [2.24, 2.45) is 11.8 Å². The van der Waals surface area contributed by atoms with Crippen molar-refractivity contribution in [3.05, 3.63) is 53.5 Å². The standard InChI is InChI=1S/C20H22N2O3/c1-12-8-17(12)18-7-6-16(25-18)11-21-15-4-2-13(3-5-15)9-14-10-19(23)22-20(14)24/h2-7,12,14,17,21H,8-11H2,1H3,(H,22,23,24)/t12-,14+,17+/m1/s1. The first-order valence-electron chi connectivity index (χ1n) is 8.83. The van der Waals surface area contributed by atoms with Gasteiger partial charge in [0.2, 0.25) is 11.8 Å². The van der Waals surface area contributed by atoms with Gasteiger partial charge in [0.05, 0.1) is 12.5 Å². The molecular formula is C20H22N2O3. The van der Waals surface area contributed by atoms with E-state index in [2.05, 4.69) is 23.6 Å². The number of furan rings is 1. The summed E-state index contributed by atoms with van der Waals surface area (Å²) in [6.45, 7) is 2.90. The second-order valence-corrected chi connectivity index (χ2v) is 7.19. The molecule has 2 heterocycles. The molecule has 1 aliphatic carbocycles. The molecule has 0 unspecified atom stereocenters. The highest BCUT2D eigenvalue weighted by atomic mass is 16.3. The minimum Gasteiger partial charge on any atom is -0.464 e. The van der Waals surface area contributed by atoms with E-state index in [1.54, 1.807) is 0 Å². The second kappa shape index (κ2) is 6.39. The lowest BCUT2D eigenvalue weighted by Gasteiger charge is -2.08. The van der Waals surface area contributed by atoms with Crippen LogP contribution >= 0.6 is 0 Å². The molecule has 130 valence electrons. The van der Waals surface area contributed by atoms with Crippen LogP contribution in [0.1, 0.15) is 42.8 Å². The molecule has 5 nitrogen and oxygen atoms in total. The van der Waals surface area contributed by atoms with Crippen LogP contribution in [0, 0.1) is 11.8 Å². The average Bonchev–Trinajstić information content (AvgIpc) is 3.01. The Balaban J connectivity index is 1.30. The Morgan fingerprint density at radius 2 is 1.92 bits per heavy atom. The molecule has 0 spiro atoms. The summed E-state index contributed by atoms with van der Waals surface area (Å²) in [5, 5.41) is 5.71. The van der Waals surface area contributed by atoms with Gasteiger partial charge in [0.1, 0.15) is 11.5 Å². The van der Waals surface area contributed by atoms with Crippen LogP contribution in [0.2, 0.25) is 0 Å². The quantitative estimate of drug-likeness (QED) is 0.793. The monoisotopic (exact) mass is 338 g/mol. The summed E-state index contributed by atoms with van der Waals surface area (Å²) in [4.78, 5) is 22.9. The second-order valence-electron chi connectivity index (χ2n) is 7.19. The molecule has 1 aromatic carbocycles. The summed E-state index contributed by atoms with van der Waals surface area (Å²) in [6.07, 6.45) is 2.12. The lowest BCUT2D eigenvalue weighted by atomic mass is 9.98. The van der Waals surface area contributed by atoms with Crippen molar-refractivity contribution in [3.63, 3.8) is 0 Å². The van der Waals surface area contributed by atoms with Crippen molar-refractivity contribution in [1.29, 1.82) is 0 Å². The first kappa shape index (κ1) is 15.9. The van der Waals surface area contributed by atoms with Crippen molar-refractivity contribution in [1.82, 2.24) is 5.32 Å². The van der Waals surface area contributed by atoms with Gasteiger partial charge in [-0.25, -0.2) is 0 Å². The van der Waals surface area contributed by atoms with Gasteiger partial charge in [-0.05, 0) is 48.6 Å². The SMILES string of the molecule is C[C@@H]1C[C@@H]1c1ccc(CNc2ccc(C[C@H]3CC(=O)NC3=O)cc2)o1. The molecular weight excluding hydrogens is 316 g/mol. The number of hydrogen-bond acceptors (Lipinski definition) is 4. The number of hydrogen-bond donors (Lipinski definition) is 2. The Kier molecular flexibility index (Phi) is 4.07. The first-order valence-corrected chi connectivity index (χ1v) is 8.83. The number of anilines is 1. The molecule has 4 rings (SSSR count). The van der Waals surface area contributed by atoms with Gasteiger partial charge in [-0.2, -0.15) is 0 Å². The fourth-order valence-corrected chi connectivity index (χ4v) is 3.41. The predicted molar refractivity (Wildman–Crippen MR) is 94.0 cm³/mol. The van der Waals surface area contributed by atoms with Crippen LogP contribution in [0.5, 0.6) is 0 Å². The van der Waals surface area contributed by atoms with Gasteiger partial charge in [-0.15, -0.1) is 0 Å². The van der Waals surface area contributed by atoms with Gasteiger partial charge in [-0.1, -0.05) is 19.1 Å². The third-order valence-electron chi connectivity index (χ3n) is 5.13. The van der Waals surface area contributed by atoms with E-state index in [0.717, 1.165) is 28.7 Å². The number of imide groups is 1. The smallest absolute Gasteiger partial charge is 0.230 e. The maximum Gasteiger partial charge on any atom is 0.230 e. The van der Waals surface area contributed by atoms with Crippen molar-refractivity contribution in [2.45, 2.75) is 38.6 Å². The first-order chi connectivity index (χ1) is 12.1. The van der Waals surface area contributed by atoms with Crippen molar-refractivity contribution in [2.75, 3.05) is 5.32 Å². The molecule has 1 saturated heterocycles. The van der Waals surface area contributed by atoms with Crippen molar-refractivity contribution < 1.29 is 14.0 Å². The van der Waals surface area contributed by atoms with Gasteiger partial charge in [0.25, 0.3) is 0 Å². The molecule has 5 heteroatoms. The van der Waals surface area contributed by atoms with Gasteiger partial charge < -0.3 is 9.73 Å². The number of amides is 2. The highest BCUT2D eigenvalue weighted by Gasteiger charge is 2.36. The third-order valence-corrected chi connectivity index (χ3v) is 5.13. The number of carbonyl (C=O) groups is 2. The average molecular weight is 338 g/mol. The Labute approximate surface area is 146 Å². The van der Waals surface area contributed by atoms with E-state index in [9.17, 15) is 9.59 Å². The lowest BCUT2D eigenvalue weighted by Crippen LogP contribution is -2.22. The minimum atomic E-state index is -0.238. The molecule has 2 aliphatic rings. The van der Waals surface area contributed by atoms with Gasteiger partial charge in [-0.3, -0.25) is 14.9 Å². The Hall–Kier alpha value is -2.56. The predicted octanol–water partition coefficient (Wildman–Crippen LogP) is 3.22. The molecule has 2 aromatic rings. The molecule has 25 heavy (non-hydrogen) atoms. The van der Waals surface area contributed by atoms with Crippen LogP contribution in [0.15, 0.2) is 40.8 Å². The molecule has 2 amide bonds. The summed E-state index contributed by atoms with van der Waals surface area (Å²) in [5.41, 5.74) is 2.07. The van der Waals surface area contributed by atoms with Crippen molar-refractivity contribution in [3.8, 4) is 0 Å². The number of carbonyl (C=O) groups excluding carboxylic acids is 2. The molecule has 1 aromatic heterocycles. The van der Waals surface area contributed by atoms with Gasteiger partial charge in [0.15, 0.2) is 0 Å². The van der Waals surface area contributed by atoms with E-state index in [0.29, 0.717) is 25.3 Å². The van der Waals surface area contributed by atoms with Crippen LogP contribution in [0.3, 0.4) is 0 Å². The maximum absolute atomic E-state index is 11.6. The molecule has 2 fully saturated rings. The number of nitrogens with one attached hydrogen (secondary N) is 2. The molecule has 0 radical (unpaired) electrons. The van der Waals surface area contributed by atoms with E-state index < -0.39 is 0 Å². The summed E-state index contributed by atoms with van der Waals surface area (Å²) < 4.78 is 5.90. The molecule has 1 aliphatic heterocycles. The van der Waals surface area contributed by atoms with E-state index in [-0.39, 0.29) is 17.7 Å². The zero-order valence-electron chi connectivity index (χ0n) is 14.2. The molecule has 3 atom stereocenters. The van der Waals surface area contributed by atoms with Crippen LogP contribution in [-0.4, -0.2) is 11.8 Å². The molecule has 0 bridgehead atoms. The molecule has 2 N–H and O–H groups in total. The van der Waals surface area contributed by atoms with E-state index in [1.165, 1.54) is 6.42 Å². The maximum atomic E-state index is 11.6. The fourth-order valence-electron chi connectivity index (χ4n) is 3.41. The Bertz CT molecular complexity index is 794. The topological polar surface area (TPSA) is 71.3 Å². The largest absolute Gasteiger partial charge is 0.464 e. The highest BCUT2D eigenvalue weighted by Crippen LogP contribution is 2.47. The summed E-state index contributed by atoms with van der Waals surface area (Å²) >= 11 is 0. The minimum absolute atomic E-state index is 0.161. The van der Waals surface area contributed by atoms with Crippen LogP contribution in [-0.2, 0) is 22.6 Å². The lowest BCUT2D eigenvalue weighted by molar-refractivity contribution is -0.125. The van der Waals surface area contributed by atoms with Crippen molar-refractivity contribution >= 4 is 17.5 Å². The zero-order chi connectivity index (χ0) is 17.4. The Morgan fingerprint density at radius 3 is 2.56 bits per heavy atom. The summed E-state index contributed by atoms with van der Waals surface area (Å²) in [6, 6.07) is 12.1. The van der Waals surface area contributed by atoms with Crippen LogP contribution < -0.4 is 10.6 Å². The fraction of sp³-hybridized carbons (Fsp3) is 0.400. The van der Waals surface area contributed by atoms with E-state index in [1.807, 2.05) is 30.3 Å². The van der Waals surface area contributed by atoms with Gasteiger partial charge >= 0.3 is 0 Å². The summed E-state index contributed by atoms with van der Waals surface area (Å²) in [5.74, 6) is 2.82. The van der Waals surface area contributed by atoms with Gasteiger partial charge in [0, 0.05) is 18.0 Å². The third kappa shape index (κ3) is 3.60. The molecule has 1 saturated carbocycles. The Morgan fingerprint density at radius 1 is 1.16 bits per heavy atom. The normalized spacial score (nSPS) is 25.1. The number of benzene rings is 1. The summed E-state index contributed by atoms with van der Waals surface area (Å²) in [7, 11) is 0. The van der Waals surface area contributed by atoms with E-state index >= 15 is 0 Å². The zero-order valence-corrected chi connectivity index (χ0v) is 14.2. The number of rotatable bonds is 6. The van der Waals surface area contributed by atoms with E-state index in [4.69, 9.17) is 4.42 Å². The van der Waals surface area contributed by atoms with Crippen LogP contribution in [0.25, 0.3) is 0 Å². The van der Waals surface area contributed by atoms with Crippen LogP contribution in [0.4, 0.5) is 5.69 Å². The highest BCUT2D eigenvalue weighted by molar-refractivity contribution is 6.03.